The van der Waals surface area contributed by atoms with E-state index in [9.17, 15) is 14.9 Å². The Morgan fingerprint density at radius 3 is 2.68 bits per heavy atom. The molecule has 0 saturated heterocycles. The van der Waals surface area contributed by atoms with Crippen molar-refractivity contribution < 1.29 is 9.72 Å². The van der Waals surface area contributed by atoms with E-state index in [1.54, 1.807) is 31.0 Å². The van der Waals surface area contributed by atoms with Gasteiger partial charge in [0, 0.05) is 35.6 Å². The Kier molecular flexibility index (Phi) is 5.54. The zero-order chi connectivity index (χ0) is 20.3. The first-order valence-electron chi connectivity index (χ1n) is 9.04. The summed E-state index contributed by atoms with van der Waals surface area (Å²) in [6, 6.07) is 14.4. The third-order valence-corrected chi connectivity index (χ3v) is 4.59. The van der Waals surface area contributed by atoms with Crippen LogP contribution in [0.3, 0.4) is 0 Å². The summed E-state index contributed by atoms with van der Waals surface area (Å²) in [6.45, 7) is 3.93. The summed E-state index contributed by atoms with van der Waals surface area (Å²) in [5.74, 6) is -0.156. The van der Waals surface area contributed by atoms with Gasteiger partial charge in [0.15, 0.2) is 5.52 Å². The molecule has 1 amide bonds. The Bertz CT molecular complexity index is 1050. The number of nitro groups is 1. The van der Waals surface area contributed by atoms with Crippen LogP contribution in [-0.2, 0) is 11.2 Å². The normalized spacial score (nSPS) is 10.7. The number of hydrogen-bond donors (Lipinski definition) is 1. The van der Waals surface area contributed by atoms with Crippen LogP contribution in [-0.4, -0.2) is 29.4 Å². The number of likely N-dealkylation sites (N-methyl/N-ethyl adjacent to an activating group) is 1. The summed E-state index contributed by atoms with van der Waals surface area (Å²) in [6.07, 6.45) is 0.824. The average molecular weight is 378 g/mol. The van der Waals surface area contributed by atoms with Crippen molar-refractivity contribution in [3.05, 3.63) is 69.9 Å². The number of non-ortho nitro benzene ring substituents is 1. The minimum Gasteiger partial charge on any atom is -0.365 e. The van der Waals surface area contributed by atoms with Gasteiger partial charge in [-0.05, 0) is 31.0 Å². The number of rotatable bonds is 6. The van der Waals surface area contributed by atoms with Crippen LogP contribution in [0, 0.1) is 17.0 Å². The van der Waals surface area contributed by atoms with E-state index in [0.717, 1.165) is 23.4 Å². The van der Waals surface area contributed by atoms with Crippen LogP contribution >= 0.6 is 0 Å². The molecule has 0 atom stereocenters. The number of nitrogens with one attached hydrogen (secondary N) is 1. The molecule has 7 nitrogen and oxygen atoms in total. The van der Waals surface area contributed by atoms with E-state index >= 15 is 0 Å². The highest BCUT2D eigenvalue weighted by molar-refractivity contribution is 6.00. The lowest BCUT2D eigenvalue weighted by molar-refractivity contribution is -0.383. The van der Waals surface area contributed by atoms with E-state index in [1.807, 2.05) is 37.3 Å². The summed E-state index contributed by atoms with van der Waals surface area (Å²) in [5, 5.41) is 14.9. The van der Waals surface area contributed by atoms with Crippen LogP contribution < -0.4 is 10.2 Å². The molecule has 0 saturated carbocycles. The predicted molar refractivity (Wildman–Crippen MR) is 111 cm³/mol. The second-order valence-electron chi connectivity index (χ2n) is 6.63. The number of nitro benzene ring substituents is 1. The Morgan fingerprint density at radius 1 is 1.21 bits per heavy atom. The van der Waals surface area contributed by atoms with Crippen LogP contribution in [0.15, 0.2) is 48.5 Å². The molecule has 1 N–H and O–H groups in total. The smallest absolute Gasteiger partial charge is 0.295 e. The van der Waals surface area contributed by atoms with E-state index in [4.69, 9.17) is 0 Å². The topological polar surface area (TPSA) is 88.4 Å². The lowest BCUT2D eigenvalue weighted by Gasteiger charge is -2.21. The molecule has 1 heterocycles. The first-order valence-corrected chi connectivity index (χ1v) is 9.04. The van der Waals surface area contributed by atoms with Gasteiger partial charge in [0.05, 0.1) is 11.5 Å². The second-order valence-corrected chi connectivity index (χ2v) is 6.63. The third kappa shape index (κ3) is 3.93. The minimum atomic E-state index is -0.438. The van der Waals surface area contributed by atoms with E-state index in [2.05, 4.69) is 10.3 Å². The summed E-state index contributed by atoms with van der Waals surface area (Å²) >= 11 is 0. The molecule has 2 aromatic carbocycles. The zero-order valence-corrected chi connectivity index (χ0v) is 16.1. The first-order chi connectivity index (χ1) is 13.4. The van der Waals surface area contributed by atoms with Gasteiger partial charge >= 0.3 is 0 Å². The molecule has 3 rings (SSSR count). The predicted octanol–water partition coefficient (Wildman–Crippen LogP) is 4.09. The molecule has 7 heteroatoms. The van der Waals surface area contributed by atoms with Gasteiger partial charge < -0.3 is 10.2 Å². The number of para-hydroxylation sites is 2. The van der Waals surface area contributed by atoms with Gasteiger partial charge in [-0.1, -0.05) is 37.3 Å². The van der Waals surface area contributed by atoms with E-state index < -0.39 is 4.92 Å². The van der Waals surface area contributed by atoms with Crippen molar-refractivity contribution in [1.82, 2.24) is 4.98 Å². The molecule has 0 bridgehead atoms. The monoisotopic (exact) mass is 378 g/mol. The van der Waals surface area contributed by atoms with Gasteiger partial charge in [0.1, 0.15) is 0 Å². The number of benzene rings is 2. The molecule has 0 aliphatic heterocycles. The number of aromatic nitrogens is 1. The lowest BCUT2D eigenvalue weighted by Crippen LogP contribution is -2.30. The molecule has 28 heavy (non-hydrogen) atoms. The van der Waals surface area contributed by atoms with Crippen molar-refractivity contribution in [2.45, 2.75) is 20.3 Å². The Labute approximate surface area is 163 Å². The zero-order valence-electron chi connectivity index (χ0n) is 16.1. The SMILES string of the molecule is CCc1ccccc1NC(=O)CN(C)c1cc(C)nc2c([N+](=O)[O-])cccc12. The van der Waals surface area contributed by atoms with Gasteiger partial charge in [-0.25, -0.2) is 4.98 Å². The number of nitrogens with zero attached hydrogens (tertiary/aromatic N) is 3. The molecule has 144 valence electrons. The average Bonchev–Trinajstić information content (AvgIpc) is 2.66. The quantitative estimate of drug-likeness (QED) is 0.515. The highest BCUT2D eigenvalue weighted by Crippen LogP contribution is 2.31. The summed E-state index contributed by atoms with van der Waals surface area (Å²) < 4.78 is 0. The maximum absolute atomic E-state index is 12.6. The van der Waals surface area contributed by atoms with Crippen LogP contribution in [0.4, 0.5) is 17.1 Å². The standard InChI is InChI=1S/C21H22N4O3/c1-4-15-8-5-6-10-17(15)23-20(26)13-24(3)19-12-14(2)22-21-16(19)9-7-11-18(21)25(27)28/h5-12H,4,13H2,1-3H3,(H,23,26). The van der Waals surface area contributed by atoms with Crippen molar-refractivity contribution in [3.63, 3.8) is 0 Å². The molecular formula is C21H22N4O3. The lowest BCUT2D eigenvalue weighted by atomic mass is 10.1. The van der Waals surface area contributed by atoms with Gasteiger partial charge in [-0.15, -0.1) is 0 Å². The minimum absolute atomic E-state index is 0.0443. The molecular weight excluding hydrogens is 356 g/mol. The number of hydrogen-bond acceptors (Lipinski definition) is 5. The molecule has 0 fully saturated rings. The molecule has 0 aliphatic carbocycles. The van der Waals surface area contributed by atoms with Gasteiger partial charge in [0.2, 0.25) is 5.91 Å². The summed E-state index contributed by atoms with van der Waals surface area (Å²) in [5.41, 5.74) is 3.53. The first kappa shape index (κ1) is 19.3. The van der Waals surface area contributed by atoms with Crippen molar-refractivity contribution in [2.75, 3.05) is 23.8 Å². The highest BCUT2D eigenvalue weighted by atomic mass is 16.6. The van der Waals surface area contributed by atoms with E-state index in [0.29, 0.717) is 16.6 Å². The van der Waals surface area contributed by atoms with Crippen molar-refractivity contribution >= 4 is 33.9 Å². The number of amides is 1. The fourth-order valence-corrected chi connectivity index (χ4v) is 3.24. The van der Waals surface area contributed by atoms with Crippen LogP contribution in [0.5, 0.6) is 0 Å². The largest absolute Gasteiger partial charge is 0.365 e. The van der Waals surface area contributed by atoms with Gasteiger partial charge in [-0.3, -0.25) is 14.9 Å². The Balaban J connectivity index is 1.89. The number of carbonyl (C=O) groups excluding carboxylic acids is 1. The fourth-order valence-electron chi connectivity index (χ4n) is 3.24. The van der Waals surface area contributed by atoms with Crippen molar-refractivity contribution in [3.8, 4) is 0 Å². The van der Waals surface area contributed by atoms with Crippen LogP contribution in [0.25, 0.3) is 10.9 Å². The number of fused-ring (bicyclic) bond motifs is 1. The summed E-state index contributed by atoms with van der Waals surface area (Å²) in [7, 11) is 1.79. The molecule has 0 spiro atoms. The number of aryl methyl sites for hydroxylation is 2. The highest BCUT2D eigenvalue weighted by Gasteiger charge is 2.18. The molecule has 0 unspecified atom stereocenters. The molecule has 3 aromatic rings. The maximum Gasteiger partial charge on any atom is 0.295 e. The molecule has 0 aliphatic rings. The Hall–Kier alpha value is -3.48. The van der Waals surface area contributed by atoms with Crippen LogP contribution in [0.2, 0.25) is 0 Å². The van der Waals surface area contributed by atoms with Gasteiger partial charge in [0.25, 0.3) is 5.69 Å². The van der Waals surface area contributed by atoms with Crippen molar-refractivity contribution in [1.29, 1.82) is 0 Å². The third-order valence-electron chi connectivity index (χ3n) is 4.59. The second kappa shape index (κ2) is 8.04. The van der Waals surface area contributed by atoms with Crippen molar-refractivity contribution in [2.24, 2.45) is 0 Å². The van der Waals surface area contributed by atoms with Crippen LogP contribution in [0.1, 0.15) is 18.2 Å². The van der Waals surface area contributed by atoms with E-state index in [1.165, 1.54) is 6.07 Å². The number of pyridine rings is 1. The summed E-state index contributed by atoms with van der Waals surface area (Å²) in [4.78, 5) is 29.6. The maximum atomic E-state index is 12.6. The van der Waals surface area contributed by atoms with E-state index in [-0.39, 0.29) is 18.1 Å². The molecule has 1 aromatic heterocycles. The number of anilines is 2. The fraction of sp³-hybridized carbons (Fsp3) is 0.238. The Morgan fingerprint density at radius 2 is 1.96 bits per heavy atom. The van der Waals surface area contributed by atoms with Gasteiger partial charge in [-0.2, -0.15) is 0 Å². The molecule has 0 radical (unpaired) electrons. The number of carbonyl (C=O) groups is 1.